The van der Waals surface area contributed by atoms with Crippen molar-refractivity contribution in [2.24, 2.45) is 10.8 Å². The monoisotopic (exact) mass is 390 g/mol. The third-order valence-electron chi connectivity index (χ3n) is 5.22. The van der Waals surface area contributed by atoms with Crippen molar-refractivity contribution in [2.75, 3.05) is 0 Å². The summed E-state index contributed by atoms with van der Waals surface area (Å²) in [4.78, 5) is 0. The first kappa shape index (κ1) is 22.7. The number of benzene rings is 2. The molecule has 150 valence electrons. The van der Waals surface area contributed by atoms with Crippen LogP contribution >= 0.6 is 0 Å². The van der Waals surface area contributed by atoms with Crippen LogP contribution in [-0.4, -0.2) is 8.07 Å². The second kappa shape index (κ2) is 8.03. The molecule has 0 saturated carbocycles. The van der Waals surface area contributed by atoms with Gasteiger partial charge in [0.25, 0.3) is 0 Å². The van der Waals surface area contributed by atoms with Gasteiger partial charge in [-0.1, -0.05) is 128 Å². The summed E-state index contributed by atoms with van der Waals surface area (Å²) in [5, 5.41) is 1.51. The highest BCUT2D eigenvalue weighted by Gasteiger charge is 2.42. The molecule has 2 rings (SSSR count). The molecular formula is C27H38Si. The molecule has 0 saturated heterocycles. The summed E-state index contributed by atoms with van der Waals surface area (Å²) in [5.41, 5.74) is 3.88. The fraction of sp³-hybridized carbons (Fsp3) is 0.407. The van der Waals surface area contributed by atoms with Gasteiger partial charge in [0.1, 0.15) is 0 Å². The smallest absolute Gasteiger partial charge is 0.0775 e. The molecule has 0 spiro atoms. The molecule has 0 unspecified atom stereocenters. The van der Waals surface area contributed by atoms with Crippen LogP contribution in [0, 0.1) is 22.7 Å². The third kappa shape index (κ3) is 5.26. The lowest BCUT2D eigenvalue weighted by Crippen LogP contribution is -2.38. The SMILES string of the molecule is C=Cc1ccc([C]([C](c2ccc([Si](C)(C)C)cc2)C(C)(C)C)C(C)(C)C)cc1. The lowest BCUT2D eigenvalue weighted by molar-refractivity contribution is 0.366. The molecule has 0 aromatic heterocycles. The van der Waals surface area contributed by atoms with Crippen molar-refractivity contribution >= 4 is 19.3 Å². The topological polar surface area (TPSA) is 0 Å². The van der Waals surface area contributed by atoms with E-state index in [0.717, 1.165) is 5.56 Å². The highest BCUT2D eigenvalue weighted by molar-refractivity contribution is 6.88. The van der Waals surface area contributed by atoms with Crippen molar-refractivity contribution in [3.8, 4) is 0 Å². The van der Waals surface area contributed by atoms with Gasteiger partial charge in [-0.25, -0.2) is 0 Å². The Labute approximate surface area is 175 Å². The van der Waals surface area contributed by atoms with E-state index in [1.54, 1.807) is 0 Å². The molecule has 0 bridgehead atoms. The Morgan fingerprint density at radius 3 is 1.32 bits per heavy atom. The summed E-state index contributed by atoms with van der Waals surface area (Å²) in [6.45, 7) is 25.1. The van der Waals surface area contributed by atoms with Gasteiger partial charge in [-0.05, 0) is 27.5 Å². The molecule has 2 aromatic carbocycles. The Hall–Kier alpha value is -1.60. The van der Waals surface area contributed by atoms with Crippen LogP contribution in [-0.2, 0) is 0 Å². The standard InChI is InChI=1S/C27H38Si/c1-11-20-12-14-21(15-13-20)24(26(2,3)4)25(27(5,6)7)22-16-18-23(19-17-22)28(8,9)10/h11-19H,1H2,2-10H3. The fourth-order valence-corrected chi connectivity index (χ4v) is 4.99. The maximum Gasteiger partial charge on any atom is 0.0775 e. The first-order valence-electron chi connectivity index (χ1n) is 10.3. The van der Waals surface area contributed by atoms with Crippen molar-refractivity contribution in [1.82, 2.24) is 0 Å². The van der Waals surface area contributed by atoms with Crippen LogP contribution < -0.4 is 5.19 Å². The molecule has 28 heavy (non-hydrogen) atoms. The van der Waals surface area contributed by atoms with Gasteiger partial charge in [0, 0.05) is 11.8 Å². The van der Waals surface area contributed by atoms with Gasteiger partial charge in [-0.15, -0.1) is 0 Å². The zero-order valence-electron chi connectivity index (χ0n) is 19.4. The normalized spacial score (nSPS) is 13.2. The van der Waals surface area contributed by atoms with Crippen molar-refractivity contribution < 1.29 is 0 Å². The van der Waals surface area contributed by atoms with E-state index in [4.69, 9.17) is 0 Å². The highest BCUT2D eigenvalue weighted by atomic mass is 28.3. The van der Waals surface area contributed by atoms with Gasteiger partial charge in [0.15, 0.2) is 0 Å². The van der Waals surface area contributed by atoms with Crippen molar-refractivity contribution in [3.63, 3.8) is 0 Å². The average Bonchev–Trinajstić information content (AvgIpc) is 2.57. The van der Waals surface area contributed by atoms with E-state index in [1.165, 1.54) is 28.1 Å². The Bertz CT molecular complexity index is 775. The van der Waals surface area contributed by atoms with E-state index < -0.39 is 8.07 Å². The lowest BCUT2D eigenvalue weighted by Gasteiger charge is -2.43. The van der Waals surface area contributed by atoms with E-state index in [-0.39, 0.29) is 10.8 Å². The average molecular weight is 391 g/mol. The lowest BCUT2D eigenvalue weighted by atomic mass is 9.60. The van der Waals surface area contributed by atoms with Gasteiger partial charge in [-0.3, -0.25) is 0 Å². The molecule has 0 amide bonds. The van der Waals surface area contributed by atoms with E-state index in [9.17, 15) is 0 Å². The van der Waals surface area contributed by atoms with Crippen molar-refractivity contribution in [3.05, 3.63) is 83.6 Å². The molecule has 0 fully saturated rings. The minimum atomic E-state index is -1.30. The maximum atomic E-state index is 3.90. The molecule has 0 aliphatic carbocycles. The molecular weight excluding hydrogens is 352 g/mol. The predicted octanol–water partition coefficient (Wildman–Crippen LogP) is 7.51. The minimum Gasteiger partial charge on any atom is -0.0985 e. The second-order valence-corrected chi connectivity index (χ2v) is 16.0. The number of hydrogen-bond acceptors (Lipinski definition) is 0. The zero-order valence-corrected chi connectivity index (χ0v) is 20.4. The van der Waals surface area contributed by atoms with Gasteiger partial charge >= 0.3 is 0 Å². The van der Waals surface area contributed by atoms with Gasteiger partial charge < -0.3 is 0 Å². The summed E-state index contributed by atoms with van der Waals surface area (Å²) in [6, 6.07) is 18.2. The van der Waals surface area contributed by atoms with Crippen LogP contribution in [0.25, 0.3) is 6.08 Å². The first-order chi connectivity index (χ1) is 12.7. The molecule has 0 nitrogen and oxygen atoms in total. The number of rotatable bonds is 5. The Balaban J connectivity index is 2.60. The van der Waals surface area contributed by atoms with Gasteiger partial charge in [0.05, 0.1) is 8.07 Å². The molecule has 2 radical (unpaired) electrons. The van der Waals surface area contributed by atoms with Crippen LogP contribution in [0.5, 0.6) is 0 Å². The van der Waals surface area contributed by atoms with E-state index >= 15 is 0 Å². The molecule has 2 aromatic rings. The molecule has 1 heteroatoms. The summed E-state index contributed by atoms with van der Waals surface area (Å²) in [6.07, 6.45) is 1.91. The predicted molar refractivity (Wildman–Crippen MR) is 130 cm³/mol. The van der Waals surface area contributed by atoms with Gasteiger partial charge in [-0.2, -0.15) is 0 Å². The highest BCUT2D eigenvalue weighted by Crippen LogP contribution is 2.51. The summed E-state index contributed by atoms with van der Waals surface area (Å²) < 4.78 is 0. The Morgan fingerprint density at radius 1 is 0.679 bits per heavy atom. The first-order valence-corrected chi connectivity index (χ1v) is 13.8. The van der Waals surface area contributed by atoms with Crippen molar-refractivity contribution in [2.45, 2.75) is 61.2 Å². The molecule has 0 aliphatic heterocycles. The molecule has 0 N–H and O–H groups in total. The second-order valence-electron chi connectivity index (χ2n) is 10.9. The van der Waals surface area contributed by atoms with Crippen LogP contribution in [0.1, 0.15) is 58.2 Å². The molecule has 0 aliphatic rings. The maximum absolute atomic E-state index is 3.90. The molecule has 0 heterocycles. The summed E-state index contributed by atoms with van der Waals surface area (Å²) in [5.74, 6) is 2.87. The molecule has 0 atom stereocenters. The van der Waals surface area contributed by atoms with E-state index in [0.29, 0.717) is 0 Å². The van der Waals surface area contributed by atoms with Crippen LogP contribution in [0.2, 0.25) is 19.6 Å². The van der Waals surface area contributed by atoms with Gasteiger partial charge in [0.2, 0.25) is 0 Å². The van der Waals surface area contributed by atoms with Crippen LogP contribution in [0.4, 0.5) is 0 Å². The fourth-order valence-electron chi connectivity index (χ4n) is 3.83. The quantitative estimate of drug-likeness (QED) is 0.463. The zero-order chi connectivity index (χ0) is 21.3. The Kier molecular flexibility index (Phi) is 6.50. The third-order valence-corrected chi connectivity index (χ3v) is 7.29. The number of hydrogen-bond donors (Lipinski definition) is 0. The van der Waals surface area contributed by atoms with E-state index in [2.05, 4.69) is 116 Å². The summed E-state index contributed by atoms with van der Waals surface area (Å²) in [7, 11) is -1.30. The van der Waals surface area contributed by atoms with Crippen LogP contribution in [0.15, 0.2) is 55.1 Å². The van der Waals surface area contributed by atoms with E-state index in [1.807, 2.05) is 6.08 Å². The Morgan fingerprint density at radius 2 is 1.04 bits per heavy atom. The summed E-state index contributed by atoms with van der Waals surface area (Å²) >= 11 is 0. The van der Waals surface area contributed by atoms with Crippen LogP contribution in [0.3, 0.4) is 0 Å². The minimum absolute atomic E-state index is 0.0375. The largest absolute Gasteiger partial charge is 0.0985 e. The van der Waals surface area contributed by atoms with Crippen molar-refractivity contribution in [1.29, 1.82) is 0 Å².